The standard InChI is InChI=1S/C17H17O10P/c1-8-4-9-2-3-11(7-12(9)26-17(8)21)25-13-5-10(16(19)20)6-14(15(13)18)27-28(22,23)24/h2-4,6-7,13-15,18H,5H2,1H3,(H,19,20)(H2,22,23,24). The van der Waals surface area contributed by atoms with Crippen LogP contribution in [0.2, 0.25) is 0 Å². The van der Waals surface area contributed by atoms with Gasteiger partial charge in [-0.3, -0.25) is 4.52 Å². The molecule has 3 rings (SSSR count). The number of hydrogen-bond acceptors (Lipinski definition) is 7. The van der Waals surface area contributed by atoms with E-state index in [2.05, 4.69) is 4.52 Å². The van der Waals surface area contributed by atoms with E-state index in [1.54, 1.807) is 19.1 Å². The third kappa shape index (κ3) is 4.49. The van der Waals surface area contributed by atoms with Crippen molar-refractivity contribution in [1.29, 1.82) is 0 Å². The second-order valence-corrected chi connectivity index (χ2v) is 7.52. The molecule has 0 bridgehead atoms. The summed E-state index contributed by atoms with van der Waals surface area (Å²) in [6.45, 7) is 1.61. The Labute approximate surface area is 157 Å². The molecule has 0 fully saturated rings. The molecule has 4 N–H and O–H groups in total. The fraction of sp³-hybridized carbons (Fsp3) is 0.294. The largest absolute Gasteiger partial charge is 0.487 e. The SMILES string of the molecule is Cc1cc2ccc(OC3CC(C(=O)O)=CC(OP(=O)(O)O)C3O)cc2oc1=O. The number of rotatable bonds is 5. The van der Waals surface area contributed by atoms with Gasteiger partial charge in [-0.25, -0.2) is 14.2 Å². The number of fused-ring (bicyclic) bond motifs is 1. The van der Waals surface area contributed by atoms with E-state index in [0.717, 1.165) is 6.08 Å². The number of ether oxygens (including phenoxy) is 1. The van der Waals surface area contributed by atoms with Gasteiger partial charge < -0.3 is 29.2 Å². The molecule has 1 aromatic carbocycles. The molecule has 150 valence electrons. The Morgan fingerprint density at radius 1 is 1.29 bits per heavy atom. The Kier molecular flexibility index (Phi) is 5.42. The first-order chi connectivity index (χ1) is 13.0. The molecule has 1 aromatic heterocycles. The minimum absolute atomic E-state index is 0.171. The smallest absolute Gasteiger partial charge is 0.470 e. The summed E-state index contributed by atoms with van der Waals surface area (Å²) in [7, 11) is -4.98. The average Bonchev–Trinajstić information content (AvgIpc) is 2.58. The van der Waals surface area contributed by atoms with Gasteiger partial charge in [-0.15, -0.1) is 0 Å². The summed E-state index contributed by atoms with van der Waals surface area (Å²) in [5.74, 6) is -1.16. The molecule has 0 aliphatic heterocycles. The van der Waals surface area contributed by atoms with Crippen molar-refractivity contribution in [2.24, 2.45) is 0 Å². The van der Waals surface area contributed by atoms with Crippen molar-refractivity contribution in [2.75, 3.05) is 0 Å². The maximum absolute atomic E-state index is 11.7. The number of phosphoric acid groups is 1. The molecule has 1 heterocycles. The van der Waals surface area contributed by atoms with E-state index in [1.165, 1.54) is 12.1 Å². The molecule has 3 unspecified atom stereocenters. The monoisotopic (exact) mass is 412 g/mol. The lowest BCUT2D eigenvalue weighted by Gasteiger charge is -2.32. The summed E-state index contributed by atoms with van der Waals surface area (Å²) >= 11 is 0. The van der Waals surface area contributed by atoms with Crippen LogP contribution in [0.5, 0.6) is 5.75 Å². The van der Waals surface area contributed by atoms with Gasteiger partial charge in [-0.1, -0.05) is 0 Å². The number of aliphatic carboxylic acids is 1. The number of carbonyl (C=O) groups is 1. The molecular formula is C17H17O10P. The van der Waals surface area contributed by atoms with Crippen LogP contribution in [0.4, 0.5) is 0 Å². The summed E-state index contributed by atoms with van der Waals surface area (Å²) in [5, 5.41) is 20.2. The minimum Gasteiger partial charge on any atom is -0.487 e. The van der Waals surface area contributed by atoms with E-state index in [0.29, 0.717) is 10.9 Å². The molecule has 1 aliphatic carbocycles. The second-order valence-electron chi connectivity index (χ2n) is 6.33. The zero-order valence-corrected chi connectivity index (χ0v) is 15.4. The maximum Gasteiger partial charge on any atom is 0.470 e. The Balaban J connectivity index is 1.90. The maximum atomic E-state index is 11.7. The number of carboxylic acid groups (broad SMARTS) is 1. The summed E-state index contributed by atoms with van der Waals surface area (Å²) in [5.41, 5.74) is -0.0850. The van der Waals surface area contributed by atoms with Gasteiger partial charge in [0, 0.05) is 29.0 Å². The van der Waals surface area contributed by atoms with E-state index in [4.69, 9.17) is 18.9 Å². The molecule has 3 atom stereocenters. The van der Waals surface area contributed by atoms with Crippen LogP contribution in [-0.4, -0.2) is 44.3 Å². The van der Waals surface area contributed by atoms with Gasteiger partial charge in [0.2, 0.25) is 0 Å². The van der Waals surface area contributed by atoms with Crippen LogP contribution in [0.25, 0.3) is 11.0 Å². The molecule has 11 heteroatoms. The fourth-order valence-electron chi connectivity index (χ4n) is 2.88. The van der Waals surface area contributed by atoms with Crippen molar-refractivity contribution < 1.29 is 43.0 Å². The van der Waals surface area contributed by atoms with Crippen LogP contribution in [-0.2, 0) is 13.9 Å². The lowest BCUT2D eigenvalue weighted by atomic mass is 9.92. The first kappa shape index (κ1) is 20.2. The van der Waals surface area contributed by atoms with Gasteiger partial charge in [0.05, 0.1) is 0 Å². The number of benzene rings is 1. The van der Waals surface area contributed by atoms with Gasteiger partial charge in [-0.2, -0.15) is 0 Å². The number of aliphatic hydroxyl groups excluding tert-OH is 1. The Hall–Kier alpha value is -2.49. The predicted octanol–water partition coefficient (Wildman–Crippen LogP) is 1.10. The average molecular weight is 412 g/mol. The number of hydrogen-bond donors (Lipinski definition) is 4. The topological polar surface area (TPSA) is 164 Å². The van der Waals surface area contributed by atoms with E-state index in [-0.39, 0.29) is 23.3 Å². The molecule has 0 saturated carbocycles. The predicted molar refractivity (Wildman–Crippen MR) is 94.9 cm³/mol. The molecule has 28 heavy (non-hydrogen) atoms. The van der Waals surface area contributed by atoms with Gasteiger partial charge in [0.25, 0.3) is 0 Å². The van der Waals surface area contributed by atoms with Crippen LogP contribution in [0, 0.1) is 6.92 Å². The van der Waals surface area contributed by atoms with Crippen LogP contribution < -0.4 is 10.4 Å². The first-order valence-corrected chi connectivity index (χ1v) is 9.64. The van der Waals surface area contributed by atoms with E-state index >= 15 is 0 Å². The van der Waals surface area contributed by atoms with Gasteiger partial charge in [-0.05, 0) is 31.2 Å². The van der Waals surface area contributed by atoms with Crippen molar-refractivity contribution in [3.05, 3.63) is 51.9 Å². The number of carboxylic acids is 1. The van der Waals surface area contributed by atoms with Crippen LogP contribution in [0.3, 0.4) is 0 Å². The number of aryl methyl sites for hydroxylation is 1. The van der Waals surface area contributed by atoms with E-state index in [1.807, 2.05) is 0 Å². The Bertz CT molecular complexity index is 1050. The fourth-order valence-corrected chi connectivity index (χ4v) is 3.38. The molecule has 1 aliphatic rings. The summed E-state index contributed by atoms with van der Waals surface area (Å²) < 4.78 is 26.4. The van der Waals surface area contributed by atoms with Crippen LogP contribution in [0.15, 0.2) is 45.1 Å². The zero-order valence-electron chi connectivity index (χ0n) is 14.5. The van der Waals surface area contributed by atoms with Crippen molar-refractivity contribution >= 4 is 24.8 Å². The Morgan fingerprint density at radius 2 is 2.00 bits per heavy atom. The first-order valence-electron chi connectivity index (χ1n) is 8.10. The highest BCUT2D eigenvalue weighted by atomic mass is 31.2. The quantitative estimate of drug-likeness (QED) is 0.413. The molecule has 0 amide bonds. The third-order valence-corrected chi connectivity index (χ3v) is 4.72. The van der Waals surface area contributed by atoms with Crippen molar-refractivity contribution in [3.8, 4) is 5.75 Å². The molecule has 0 spiro atoms. The van der Waals surface area contributed by atoms with E-state index in [9.17, 15) is 24.4 Å². The number of phosphoric ester groups is 1. The van der Waals surface area contributed by atoms with Crippen LogP contribution in [0.1, 0.15) is 12.0 Å². The Morgan fingerprint density at radius 3 is 2.64 bits per heavy atom. The normalized spacial score (nSPS) is 22.7. The van der Waals surface area contributed by atoms with Crippen LogP contribution >= 0.6 is 7.82 Å². The highest BCUT2D eigenvalue weighted by Gasteiger charge is 2.39. The summed E-state index contributed by atoms with van der Waals surface area (Å²) in [6, 6.07) is 6.19. The van der Waals surface area contributed by atoms with Crippen molar-refractivity contribution in [2.45, 2.75) is 31.7 Å². The molecule has 0 saturated heterocycles. The molecular weight excluding hydrogens is 395 g/mol. The molecule has 2 aromatic rings. The lowest BCUT2D eigenvalue weighted by molar-refractivity contribution is -0.134. The van der Waals surface area contributed by atoms with Crippen molar-refractivity contribution in [3.63, 3.8) is 0 Å². The van der Waals surface area contributed by atoms with Gasteiger partial charge >= 0.3 is 19.4 Å². The minimum atomic E-state index is -4.98. The van der Waals surface area contributed by atoms with E-state index < -0.39 is 37.7 Å². The molecule has 10 nitrogen and oxygen atoms in total. The highest BCUT2D eigenvalue weighted by Crippen LogP contribution is 2.41. The zero-order chi connectivity index (χ0) is 20.6. The summed E-state index contributed by atoms with van der Waals surface area (Å²) in [6.07, 6.45) is -3.58. The lowest BCUT2D eigenvalue weighted by Crippen LogP contribution is -2.45. The van der Waals surface area contributed by atoms with Gasteiger partial charge in [0.1, 0.15) is 29.6 Å². The second kappa shape index (κ2) is 7.50. The molecule has 0 radical (unpaired) electrons. The number of aliphatic hydroxyl groups is 1. The summed E-state index contributed by atoms with van der Waals surface area (Å²) in [4.78, 5) is 40.9. The van der Waals surface area contributed by atoms with Crippen molar-refractivity contribution in [1.82, 2.24) is 0 Å². The van der Waals surface area contributed by atoms with Gasteiger partial charge in [0.15, 0.2) is 0 Å². The third-order valence-electron chi connectivity index (χ3n) is 4.21. The highest BCUT2D eigenvalue weighted by molar-refractivity contribution is 7.46.